The van der Waals surface area contributed by atoms with Crippen LogP contribution in [0.5, 0.6) is 0 Å². The number of rotatable bonds is 6. The van der Waals surface area contributed by atoms with Crippen LogP contribution in [0, 0.1) is 0 Å². The summed E-state index contributed by atoms with van der Waals surface area (Å²) in [6, 6.07) is 1.35. The SMILES string of the molecule is C/C=C\C=C(/C[S+]([O-])CC)c1nc2cc(C(F)F)cnc2n1C. The minimum Gasteiger partial charge on any atom is -0.616 e. The highest BCUT2D eigenvalue weighted by molar-refractivity contribution is 7.91. The molecule has 1 unspecified atom stereocenters. The molecule has 23 heavy (non-hydrogen) atoms. The van der Waals surface area contributed by atoms with Crippen LogP contribution >= 0.6 is 0 Å². The fourth-order valence-corrected chi connectivity index (χ4v) is 2.95. The summed E-state index contributed by atoms with van der Waals surface area (Å²) in [4.78, 5) is 8.51. The van der Waals surface area contributed by atoms with Crippen molar-refractivity contribution in [2.45, 2.75) is 20.3 Å². The standard InChI is InChI=1S/C16H19F2N3OS/c1-4-6-7-11(10-23(22)5-2)15-20-13-8-12(14(17)18)9-19-16(13)21(15)3/h4,6-9,14H,5,10H2,1-3H3/b6-4-,11-7+. The molecule has 0 fully saturated rings. The molecule has 2 rings (SSSR count). The van der Waals surface area contributed by atoms with Gasteiger partial charge in [-0.15, -0.1) is 0 Å². The Kier molecular flexibility index (Phi) is 5.90. The van der Waals surface area contributed by atoms with Gasteiger partial charge in [0.2, 0.25) is 0 Å². The zero-order chi connectivity index (χ0) is 17.0. The Morgan fingerprint density at radius 3 is 2.83 bits per heavy atom. The van der Waals surface area contributed by atoms with E-state index in [-0.39, 0.29) is 5.56 Å². The number of alkyl halides is 2. The van der Waals surface area contributed by atoms with Crippen LogP contribution in [0.2, 0.25) is 0 Å². The summed E-state index contributed by atoms with van der Waals surface area (Å²) in [6.07, 6.45) is 4.15. The van der Waals surface area contributed by atoms with Crippen LogP contribution in [0.15, 0.2) is 30.5 Å². The van der Waals surface area contributed by atoms with Gasteiger partial charge < -0.3 is 9.12 Å². The number of pyridine rings is 1. The van der Waals surface area contributed by atoms with Crippen LogP contribution in [-0.4, -0.2) is 30.6 Å². The van der Waals surface area contributed by atoms with Crippen LogP contribution in [0.25, 0.3) is 16.7 Å². The topological polar surface area (TPSA) is 53.8 Å². The fraction of sp³-hybridized carbons (Fsp3) is 0.375. The van der Waals surface area contributed by atoms with Crippen molar-refractivity contribution in [1.29, 1.82) is 0 Å². The van der Waals surface area contributed by atoms with Crippen LogP contribution < -0.4 is 0 Å². The van der Waals surface area contributed by atoms with Gasteiger partial charge in [-0.1, -0.05) is 18.2 Å². The minimum absolute atomic E-state index is 0.154. The molecule has 0 amide bonds. The Balaban J connectivity index is 2.52. The van der Waals surface area contributed by atoms with Crippen LogP contribution in [-0.2, 0) is 18.2 Å². The number of nitrogens with zero attached hydrogens (tertiary/aromatic N) is 3. The molecule has 0 spiro atoms. The van der Waals surface area contributed by atoms with Gasteiger partial charge in [0.15, 0.2) is 5.65 Å². The monoisotopic (exact) mass is 339 g/mol. The summed E-state index contributed by atoms with van der Waals surface area (Å²) in [5.41, 5.74) is 1.58. The van der Waals surface area contributed by atoms with Gasteiger partial charge in [0.1, 0.15) is 22.8 Å². The first-order valence-electron chi connectivity index (χ1n) is 7.25. The third-order valence-electron chi connectivity index (χ3n) is 3.40. The molecule has 0 aromatic carbocycles. The Bertz CT molecular complexity index is 740. The molecule has 0 aliphatic rings. The number of aromatic nitrogens is 3. The second-order valence-electron chi connectivity index (χ2n) is 5.00. The molecule has 0 aliphatic carbocycles. The van der Waals surface area contributed by atoms with Crippen molar-refractivity contribution in [3.63, 3.8) is 0 Å². The minimum atomic E-state index is -2.58. The van der Waals surface area contributed by atoms with E-state index < -0.39 is 17.6 Å². The fourth-order valence-electron chi connectivity index (χ4n) is 2.17. The Labute approximate surface area is 137 Å². The highest BCUT2D eigenvalue weighted by Crippen LogP contribution is 2.25. The molecule has 0 bridgehead atoms. The van der Waals surface area contributed by atoms with Crippen molar-refractivity contribution < 1.29 is 13.3 Å². The van der Waals surface area contributed by atoms with Crippen molar-refractivity contribution in [3.8, 4) is 0 Å². The van der Waals surface area contributed by atoms with E-state index in [1.807, 2.05) is 32.1 Å². The molecule has 1 atom stereocenters. The number of allylic oxidation sites excluding steroid dienone is 3. The molecule has 124 valence electrons. The van der Waals surface area contributed by atoms with E-state index in [0.29, 0.717) is 28.5 Å². The van der Waals surface area contributed by atoms with Gasteiger partial charge in [0.25, 0.3) is 6.43 Å². The average Bonchev–Trinajstić information content (AvgIpc) is 2.87. The number of halogens is 2. The Morgan fingerprint density at radius 1 is 1.48 bits per heavy atom. The van der Waals surface area contributed by atoms with E-state index in [2.05, 4.69) is 9.97 Å². The Hall–Kier alpha value is -1.73. The van der Waals surface area contributed by atoms with E-state index in [0.717, 1.165) is 11.8 Å². The first-order valence-corrected chi connectivity index (χ1v) is 8.74. The number of fused-ring (bicyclic) bond motifs is 1. The summed E-state index contributed by atoms with van der Waals surface area (Å²) in [5, 5.41) is 0. The molecule has 0 aliphatic heterocycles. The van der Waals surface area contributed by atoms with Gasteiger partial charge in [0.05, 0.1) is 0 Å². The summed E-state index contributed by atoms with van der Waals surface area (Å²) in [7, 11) is 1.78. The smallest absolute Gasteiger partial charge is 0.265 e. The molecular formula is C16H19F2N3OS. The van der Waals surface area contributed by atoms with Gasteiger partial charge in [-0.05, 0) is 31.1 Å². The molecule has 7 heteroatoms. The highest BCUT2D eigenvalue weighted by atomic mass is 32.2. The maximum absolute atomic E-state index is 12.8. The van der Waals surface area contributed by atoms with Gasteiger partial charge >= 0.3 is 0 Å². The van der Waals surface area contributed by atoms with Gasteiger partial charge in [0, 0.05) is 24.4 Å². The number of imidazole rings is 1. The maximum atomic E-state index is 12.8. The third kappa shape index (κ3) is 3.97. The summed E-state index contributed by atoms with van der Waals surface area (Å²) in [5.74, 6) is 1.50. The van der Waals surface area contributed by atoms with Crippen LogP contribution in [0.3, 0.4) is 0 Å². The molecule has 2 aromatic heterocycles. The maximum Gasteiger partial charge on any atom is 0.265 e. The lowest BCUT2D eigenvalue weighted by Crippen LogP contribution is -2.12. The first kappa shape index (κ1) is 17.6. The molecule has 2 aromatic rings. The van der Waals surface area contributed by atoms with Gasteiger partial charge in [-0.2, -0.15) is 0 Å². The van der Waals surface area contributed by atoms with E-state index >= 15 is 0 Å². The number of hydrogen-bond donors (Lipinski definition) is 0. The summed E-state index contributed by atoms with van der Waals surface area (Å²) < 4.78 is 39.3. The lowest BCUT2D eigenvalue weighted by Gasteiger charge is -2.11. The van der Waals surface area contributed by atoms with Crippen LogP contribution in [0.1, 0.15) is 31.7 Å². The van der Waals surface area contributed by atoms with Crippen molar-refractivity contribution in [3.05, 3.63) is 41.9 Å². The normalized spacial score (nSPS) is 14.3. The Morgan fingerprint density at radius 2 is 2.22 bits per heavy atom. The zero-order valence-electron chi connectivity index (χ0n) is 13.3. The predicted molar refractivity (Wildman–Crippen MR) is 89.8 cm³/mol. The summed E-state index contributed by atoms with van der Waals surface area (Å²) in [6.45, 7) is 3.74. The first-order chi connectivity index (χ1) is 11.0. The largest absolute Gasteiger partial charge is 0.616 e. The van der Waals surface area contributed by atoms with E-state index in [1.54, 1.807) is 11.6 Å². The molecule has 0 N–H and O–H groups in total. The van der Waals surface area contributed by atoms with Gasteiger partial charge in [-0.25, -0.2) is 18.7 Å². The van der Waals surface area contributed by atoms with Crippen LogP contribution in [0.4, 0.5) is 8.78 Å². The van der Waals surface area contributed by atoms with E-state index in [4.69, 9.17) is 0 Å². The molecule has 0 radical (unpaired) electrons. The molecular weight excluding hydrogens is 320 g/mol. The summed E-state index contributed by atoms with van der Waals surface area (Å²) >= 11 is -0.999. The van der Waals surface area contributed by atoms with E-state index in [1.165, 1.54) is 6.07 Å². The quantitative estimate of drug-likeness (QED) is 0.596. The van der Waals surface area contributed by atoms with Crippen molar-refractivity contribution >= 4 is 27.9 Å². The average molecular weight is 339 g/mol. The van der Waals surface area contributed by atoms with Crippen molar-refractivity contribution in [2.75, 3.05) is 11.5 Å². The lowest BCUT2D eigenvalue weighted by atomic mass is 10.2. The number of hydrogen-bond acceptors (Lipinski definition) is 3. The van der Waals surface area contributed by atoms with Crippen molar-refractivity contribution in [1.82, 2.24) is 14.5 Å². The highest BCUT2D eigenvalue weighted by Gasteiger charge is 2.18. The predicted octanol–water partition coefficient (Wildman–Crippen LogP) is 3.63. The van der Waals surface area contributed by atoms with Gasteiger partial charge in [-0.3, -0.25) is 0 Å². The second kappa shape index (κ2) is 7.70. The molecule has 2 heterocycles. The zero-order valence-corrected chi connectivity index (χ0v) is 14.1. The molecule has 0 saturated carbocycles. The molecule has 0 saturated heterocycles. The lowest BCUT2D eigenvalue weighted by molar-refractivity contribution is 0.151. The number of aryl methyl sites for hydroxylation is 1. The van der Waals surface area contributed by atoms with Crippen molar-refractivity contribution in [2.24, 2.45) is 7.05 Å². The second-order valence-corrected chi connectivity index (χ2v) is 6.74. The third-order valence-corrected chi connectivity index (χ3v) is 4.67. The van der Waals surface area contributed by atoms with E-state index in [9.17, 15) is 13.3 Å². The molecule has 4 nitrogen and oxygen atoms in total.